The molecule has 0 aliphatic carbocycles. The molecule has 0 atom stereocenters. The van der Waals surface area contributed by atoms with E-state index >= 15 is 0 Å². The molecule has 0 aliphatic rings. The highest BCUT2D eigenvalue weighted by atomic mass is 35.5. The van der Waals surface area contributed by atoms with Gasteiger partial charge in [0.1, 0.15) is 0 Å². The molecule has 6 heteroatoms. The third-order valence-corrected chi connectivity index (χ3v) is 3.57. The molecule has 26 heavy (non-hydrogen) atoms. The minimum atomic E-state index is 0. The molecule has 0 N–H and O–H groups in total. The maximum atomic E-state index is 5.57. The van der Waals surface area contributed by atoms with Crippen LogP contribution >= 0.6 is 0 Å². The maximum Gasteiger partial charge on any atom is 0.333 e. The van der Waals surface area contributed by atoms with E-state index < -0.39 is 0 Å². The summed E-state index contributed by atoms with van der Waals surface area (Å²) in [4.78, 5) is 0. The molecule has 0 amide bonds. The van der Waals surface area contributed by atoms with Gasteiger partial charge >= 0.3 is 5.82 Å². The average Bonchev–Trinajstić information content (AvgIpc) is 3.06. The Morgan fingerprint density at radius 2 is 1.58 bits per heavy atom. The molecule has 1 aromatic heterocycles. The lowest BCUT2D eigenvalue weighted by atomic mass is 10.2. The fourth-order valence-electron chi connectivity index (χ4n) is 2.28. The number of rotatable bonds is 7. The van der Waals surface area contributed by atoms with Crippen molar-refractivity contribution < 1.29 is 21.8 Å². The lowest BCUT2D eigenvalue weighted by Crippen LogP contribution is -3.00. The van der Waals surface area contributed by atoms with Gasteiger partial charge in [-0.05, 0) is 18.1 Å². The van der Waals surface area contributed by atoms with Crippen LogP contribution < -0.4 is 17.1 Å². The van der Waals surface area contributed by atoms with Crippen LogP contribution in [0.15, 0.2) is 83.3 Å². The van der Waals surface area contributed by atoms with Crippen LogP contribution in [0.2, 0.25) is 0 Å². The predicted octanol–water partition coefficient (Wildman–Crippen LogP) is 0.0805. The highest BCUT2D eigenvalue weighted by Gasteiger charge is 2.17. The van der Waals surface area contributed by atoms with E-state index in [1.54, 1.807) is 9.35 Å². The first kappa shape index (κ1) is 19.6. The van der Waals surface area contributed by atoms with E-state index in [4.69, 9.17) is 4.74 Å². The molecule has 3 rings (SSSR count). The van der Waals surface area contributed by atoms with Gasteiger partial charge in [-0.2, -0.15) is 0 Å². The molecule has 0 radical (unpaired) electrons. The lowest BCUT2D eigenvalue weighted by molar-refractivity contribution is -0.687. The minimum absolute atomic E-state index is 0. The molecule has 134 valence electrons. The number of ether oxygens (including phenoxy) is 1. The number of hydrogen-bond acceptors (Lipinski definition) is 3. The van der Waals surface area contributed by atoms with Crippen molar-refractivity contribution in [1.82, 2.24) is 4.68 Å². The zero-order valence-corrected chi connectivity index (χ0v) is 15.3. The number of halogens is 1. The Bertz CT molecular complexity index is 778. The van der Waals surface area contributed by atoms with Gasteiger partial charge in [-0.1, -0.05) is 70.9 Å². The summed E-state index contributed by atoms with van der Waals surface area (Å²) in [6.45, 7) is 3.04. The van der Waals surface area contributed by atoms with Crippen LogP contribution in [0.3, 0.4) is 0 Å². The minimum Gasteiger partial charge on any atom is -1.00 e. The van der Waals surface area contributed by atoms with E-state index in [1.165, 1.54) is 0 Å². The summed E-state index contributed by atoms with van der Waals surface area (Å²) in [5.41, 5.74) is 2.08. The fraction of sp³-hybridized carbons (Fsp3) is 0.150. The van der Waals surface area contributed by atoms with Crippen molar-refractivity contribution in [1.29, 1.82) is 0 Å². The second kappa shape index (κ2) is 10.3. The molecule has 0 fully saturated rings. The van der Waals surface area contributed by atoms with Crippen molar-refractivity contribution in [3.05, 3.63) is 90.0 Å². The second-order valence-corrected chi connectivity index (χ2v) is 5.35. The average molecular weight is 369 g/mol. The first-order valence-electron chi connectivity index (χ1n) is 8.25. The van der Waals surface area contributed by atoms with Gasteiger partial charge in [-0.25, -0.2) is 0 Å². The molecule has 0 spiro atoms. The van der Waals surface area contributed by atoms with Crippen molar-refractivity contribution in [2.24, 2.45) is 10.2 Å². The SMILES string of the molecule is CCOCc1n(/N=C/c2ccccc2)cc[n+]1/N=C/c1ccccc1.[Cl-]. The van der Waals surface area contributed by atoms with Crippen molar-refractivity contribution in [3.63, 3.8) is 0 Å². The van der Waals surface area contributed by atoms with Gasteiger partial charge in [0.15, 0.2) is 19.0 Å². The van der Waals surface area contributed by atoms with Crippen LogP contribution in [0.1, 0.15) is 23.9 Å². The summed E-state index contributed by atoms with van der Waals surface area (Å²) in [6.07, 6.45) is 7.38. The van der Waals surface area contributed by atoms with E-state index in [2.05, 4.69) is 10.2 Å². The van der Waals surface area contributed by atoms with Gasteiger partial charge in [0.25, 0.3) is 0 Å². The Labute approximate surface area is 159 Å². The third kappa shape index (κ3) is 5.37. The largest absolute Gasteiger partial charge is 1.00 e. The van der Waals surface area contributed by atoms with E-state index in [-0.39, 0.29) is 12.4 Å². The molecular formula is C20H21ClN4O. The molecule has 2 aromatic carbocycles. The molecule has 0 saturated heterocycles. The van der Waals surface area contributed by atoms with Crippen molar-refractivity contribution in [3.8, 4) is 0 Å². The van der Waals surface area contributed by atoms with Gasteiger partial charge in [0.05, 0.1) is 12.4 Å². The number of benzene rings is 2. The van der Waals surface area contributed by atoms with Crippen molar-refractivity contribution in [2.45, 2.75) is 13.5 Å². The Balaban J connectivity index is 0.00000243. The van der Waals surface area contributed by atoms with Gasteiger partial charge in [0.2, 0.25) is 0 Å². The summed E-state index contributed by atoms with van der Waals surface area (Å²) < 4.78 is 9.14. The van der Waals surface area contributed by atoms with Crippen LogP contribution in [0, 0.1) is 0 Å². The topological polar surface area (TPSA) is 42.8 Å². The summed E-state index contributed by atoms with van der Waals surface area (Å²) in [6, 6.07) is 20.0. The van der Waals surface area contributed by atoms with E-state index in [1.807, 2.05) is 92.4 Å². The van der Waals surface area contributed by atoms with Crippen LogP contribution in [0.4, 0.5) is 0 Å². The Kier molecular flexibility index (Phi) is 7.74. The molecule has 0 saturated carbocycles. The number of aromatic nitrogens is 2. The molecule has 5 nitrogen and oxygen atoms in total. The standard InChI is InChI=1S/C20H21N4O.ClH/c1-2-25-17-20-23(21-15-18-9-5-3-6-10-18)13-14-24(20)22-16-19-11-7-4-8-12-19;/h3-16H,2,17H2,1H3;1H/q+1;/p-1/b21-15+,22-16+;. The Morgan fingerprint density at radius 1 is 0.962 bits per heavy atom. The third-order valence-electron chi connectivity index (χ3n) is 3.57. The summed E-state index contributed by atoms with van der Waals surface area (Å²) in [5, 5.41) is 9.04. The molecule has 0 aliphatic heterocycles. The fourth-order valence-corrected chi connectivity index (χ4v) is 2.28. The van der Waals surface area contributed by atoms with Gasteiger partial charge in [-0.15, -0.1) is 9.35 Å². The second-order valence-electron chi connectivity index (χ2n) is 5.35. The first-order valence-corrected chi connectivity index (χ1v) is 8.25. The first-order chi connectivity index (χ1) is 12.4. The van der Waals surface area contributed by atoms with Crippen molar-refractivity contribution in [2.75, 3.05) is 6.61 Å². The molecule has 3 aromatic rings. The smallest absolute Gasteiger partial charge is 0.333 e. The summed E-state index contributed by atoms with van der Waals surface area (Å²) >= 11 is 0. The van der Waals surface area contributed by atoms with E-state index in [0.717, 1.165) is 17.0 Å². The quantitative estimate of drug-likeness (QED) is 0.430. The molecule has 1 heterocycles. The van der Waals surface area contributed by atoms with Gasteiger partial charge in [0, 0.05) is 6.61 Å². The zero-order chi connectivity index (χ0) is 17.3. The van der Waals surface area contributed by atoms with Crippen molar-refractivity contribution >= 4 is 12.4 Å². The number of imidazole rings is 1. The normalized spacial score (nSPS) is 11.1. The number of nitrogens with zero attached hydrogens (tertiary/aromatic N) is 4. The van der Waals surface area contributed by atoms with Crippen LogP contribution in [-0.4, -0.2) is 23.7 Å². The summed E-state index contributed by atoms with van der Waals surface area (Å²) in [5.74, 6) is 0.848. The molecule has 0 bridgehead atoms. The molecular weight excluding hydrogens is 348 g/mol. The van der Waals surface area contributed by atoms with Crippen LogP contribution in [-0.2, 0) is 11.3 Å². The number of hydrogen-bond donors (Lipinski definition) is 0. The zero-order valence-electron chi connectivity index (χ0n) is 14.6. The monoisotopic (exact) mass is 368 g/mol. The van der Waals surface area contributed by atoms with Gasteiger partial charge < -0.3 is 17.1 Å². The van der Waals surface area contributed by atoms with E-state index in [9.17, 15) is 0 Å². The highest BCUT2D eigenvalue weighted by Crippen LogP contribution is 2.01. The van der Waals surface area contributed by atoms with Gasteiger partial charge in [-0.3, -0.25) is 0 Å². The highest BCUT2D eigenvalue weighted by molar-refractivity contribution is 5.79. The van der Waals surface area contributed by atoms with E-state index in [0.29, 0.717) is 13.2 Å². The molecule has 0 unspecified atom stereocenters. The lowest BCUT2D eigenvalue weighted by Gasteiger charge is -1.98. The van der Waals surface area contributed by atoms with Crippen LogP contribution in [0.5, 0.6) is 0 Å². The maximum absolute atomic E-state index is 5.57. The Hall–Kier alpha value is -2.76. The summed E-state index contributed by atoms with van der Waals surface area (Å²) in [7, 11) is 0. The predicted molar refractivity (Wildman–Crippen MR) is 98.8 cm³/mol. The Morgan fingerprint density at radius 3 is 2.19 bits per heavy atom. The van der Waals surface area contributed by atoms with Crippen LogP contribution in [0.25, 0.3) is 0 Å².